The smallest absolute Gasteiger partial charge is 0.366 e. The van der Waals surface area contributed by atoms with Gasteiger partial charge in [-0.3, -0.25) is 14.5 Å². The minimum atomic E-state index is -4.50. The number of alkyl halides is 3. The Morgan fingerprint density at radius 1 is 1.06 bits per heavy atom. The molecule has 1 aromatic carbocycles. The molecular weight excluding hydrogens is 405 g/mol. The van der Waals surface area contributed by atoms with Crippen LogP contribution in [0, 0.1) is 5.92 Å². The normalized spacial score (nSPS) is 19.3. The molecule has 0 atom stereocenters. The summed E-state index contributed by atoms with van der Waals surface area (Å²) in [4.78, 5) is 15.8. The number of aromatic nitrogens is 3. The van der Waals surface area contributed by atoms with Gasteiger partial charge in [-0.2, -0.15) is 18.3 Å². The lowest BCUT2D eigenvalue weighted by atomic mass is 9.77. The SMILES string of the molecule is NC(=O)c1cc(C(F)(F)F)ccc1C1CCC(Cn2ccc(-c3ccncc3)n2)CC1. The Morgan fingerprint density at radius 3 is 2.42 bits per heavy atom. The Bertz CT molecular complexity index is 1050. The van der Waals surface area contributed by atoms with E-state index in [0.717, 1.165) is 55.6 Å². The number of benzene rings is 1. The zero-order chi connectivity index (χ0) is 22.0. The van der Waals surface area contributed by atoms with Crippen LogP contribution in [0.1, 0.15) is 53.1 Å². The molecule has 2 aromatic heterocycles. The molecule has 0 spiro atoms. The van der Waals surface area contributed by atoms with Crippen LogP contribution in [0.15, 0.2) is 55.0 Å². The van der Waals surface area contributed by atoms with Crippen LogP contribution in [-0.4, -0.2) is 20.7 Å². The van der Waals surface area contributed by atoms with Crippen LogP contribution >= 0.6 is 0 Å². The van der Waals surface area contributed by atoms with E-state index < -0.39 is 17.6 Å². The zero-order valence-corrected chi connectivity index (χ0v) is 16.8. The van der Waals surface area contributed by atoms with E-state index in [1.165, 1.54) is 6.07 Å². The van der Waals surface area contributed by atoms with Gasteiger partial charge >= 0.3 is 6.18 Å². The first-order valence-corrected chi connectivity index (χ1v) is 10.3. The third-order valence-electron chi connectivity index (χ3n) is 5.99. The summed E-state index contributed by atoms with van der Waals surface area (Å²) in [6.45, 7) is 0.785. The van der Waals surface area contributed by atoms with Gasteiger partial charge in [0.15, 0.2) is 0 Å². The minimum Gasteiger partial charge on any atom is -0.366 e. The van der Waals surface area contributed by atoms with Gasteiger partial charge in [-0.25, -0.2) is 0 Å². The second kappa shape index (κ2) is 8.53. The standard InChI is InChI=1S/C23H23F3N4O/c24-23(25,26)18-5-6-19(20(13-18)22(27)31)16-3-1-15(2-4-16)14-30-12-9-21(29-30)17-7-10-28-11-8-17/h5-13,15-16H,1-4,14H2,(H2,27,31). The zero-order valence-electron chi connectivity index (χ0n) is 16.8. The van der Waals surface area contributed by atoms with Crippen LogP contribution < -0.4 is 5.73 Å². The highest BCUT2D eigenvalue weighted by Gasteiger charge is 2.33. The molecule has 31 heavy (non-hydrogen) atoms. The molecule has 0 saturated heterocycles. The lowest BCUT2D eigenvalue weighted by Crippen LogP contribution is -2.22. The highest BCUT2D eigenvalue weighted by Crippen LogP contribution is 2.39. The summed E-state index contributed by atoms with van der Waals surface area (Å²) in [5.41, 5.74) is 7.06. The second-order valence-electron chi connectivity index (χ2n) is 8.04. The van der Waals surface area contributed by atoms with Gasteiger partial charge in [0, 0.05) is 36.3 Å². The third kappa shape index (κ3) is 4.78. The van der Waals surface area contributed by atoms with Gasteiger partial charge < -0.3 is 5.73 Å². The van der Waals surface area contributed by atoms with Crippen molar-refractivity contribution < 1.29 is 18.0 Å². The number of nitrogens with two attached hydrogens (primary N) is 1. The molecule has 1 amide bonds. The predicted molar refractivity (Wildman–Crippen MR) is 110 cm³/mol. The van der Waals surface area contributed by atoms with E-state index in [1.54, 1.807) is 12.4 Å². The Kier molecular flexibility index (Phi) is 5.80. The molecule has 1 saturated carbocycles. The maximum atomic E-state index is 13.0. The molecule has 1 aliphatic rings. The molecule has 4 rings (SSSR count). The van der Waals surface area contributed by atoms with E-state index in [2.05, 4.69) is 10.1 Å². The quantitative estimate of drug-likeness (QED) is 0.619. The number of pyridine rings is 1. The molecule has 0 radical (unpaired) electrons. The summed E-state index contributed by atoms with van der Waals surface area (Å²) < 4.78 is 41.0. The lowest BCUT2D eigenvalue weighted by Gasteiger charge is -2.30. The number of rotatable bonds is 5. The molecule has 162 valence electrons. The van der Waals surface area contributed by atoms with E-state index in [0.29, 0.717) is 11.5 Å². The molecule has 0 unspecified atom stereocenters. The highest BCUT2D eigenvalue weighted by molar-refractivity contribution is 5.94. The van der Waals surface area contributed by atoms with Gasteiger partial charge in [0.2, 0.25) is 5.91 Å². The van der Waals surface area contributed by atoms with Crippen molar-refractivity contribution in [3.8, 4) is 11.3 Å². The summed E-state index contributed by atoms with van der Waals surface area (Å²) >= 11 is 0. The molecule has 5 nitrogen and oxygen atoms in total. The fraction of sp³-hybridized carbons (Fsp3) is 0.348. The minimum absolute atomic E-state index is 0.0210. The topological polar surface area (TPSA) is 73.8 Å². The molecule has 8 heteroatoms. The molecule has 1 fully saturated rings. The molecule has 1 aliphatic carbocycles. The first-order chi connectivity index (χ1) is 14.8. The number of amides is 1. The maximum absolute atomic E-state index is 13.0. The van der Waals surface area contributed by atoms with Crippen LogP contribution in [0.2, 0.25) is 0 Å². The first kappa shape index (κ1) is 21.1. The number of carbonyl (C=O) groups excluding carboxylic acids is 1. The van der Waals surface area contributed by atoms with Crippen LogP contribution in [0.4, 0.5) is 13.2 Å². The Morgan fingerprint density at radius 2 is 1.77 bits per heavy atom. The van der Waals surface area contributed by atoms with Gasteiger partial charge in [0.05, 0.1) is 11.3 Å². The largest absolute Gasteiger partial charge is 0.416 e. The van der Waals surface area contributed by atoms with E-state index in [-0.39, 0.29) is 11.5 Å². The number of hydrogen-bond acceptors (Lipinski definition) is 3. The number of nitrogens with zero attached hydrogens (tertiary/aromatic N) is 3. The van der Waals surface area contributed by atoms with Crippen LogP contribution in [-0.2, 0) is 12.7 Å². The van der Waals surface area contributed by atoms with Gasteiger partial charge in [0.25, 0.3) is 0 Å². The van der Waals surface area contributed by atoms with E-state index >= 15 is 0 Å². The van der Waals surface area contributed by atoms with Crippen LogP contribution in [0.3, 0.4) is 0 Å². The van der Waals surface area contributed by atoms with E-state index in [4.69, 9.17) is 5.73 Å². The number of primary amides is 1. The first-order valence-electron chi connectivity index (χ1n) is 10.3. The summed E-state index contributed by atoms with van der Waals surface area (Å²) in [6, 6.07) is 9.15. The van der Waals surface area contributed by atoms with Crippen LogP contribution in [0.5, 0.6) is 0 Å². The average Bonchev–Trinajstić information content (AvgIpc) is 3.22. The summed E-state index contributed by atoms with van der Waals surface area (Å²) in [7, 11) is 0. The highest BCUT2D eigenvalue weighted by atomic mass is 19.4. The Balaban J connectivity index is 1.41. The van der Waals surface area contributed by atoms with Gasteiger partial charge in [-0.05, 0) is 73.4 Å². The number of halogens is 3. The second-order valence-corrected chi connectivity index (χ2v) is 8.04. The molecular formula is C23H23F3N4O. The van der Waals surface area contributed by atoms with Crippen molar-refractivity contribution in [2.24, 2.45) is 11.7 Å². The third-order valence-corrected chi connectivity index (χ3v) is 5.99. The van der Waals surface area contributed by atoms with Crippen molar-refractivity contribution in [3.63, 3.8) is 0 Å². The monoisotopic (exact) mass is 428 g/mol. The number of hydrogen-bond donors (Lipinski definition) is 1. The van der Waals surface area contributed by atoms with Crippen LogP contribution in [0.25, 0.3) is 11.3 Å². The van der Waals surface area contributed by atoms with Crippen molar-refractivity contribution in [1.82, 2.24) is 14.8 Å². The van der Waals surface area contributed by atoms with Gasteiger partial charge in [-0.15, -0.1) is 0 Å². The van der Waals surface area contributed by atoms with Crippen molar-refractivity contribution in [3.05, 3.63) is 71.7 Å². The van der Waals surface area contributed by atoms with Crippen molar-refractivity contribution in [2.75, 3.05) is 0 Å². The Labute approximate surface area is 178 Å². The summed E-state index contributed by atoms with van der Waals surface area (Å²) in [5.74, 6) is -0.359. The molecule has 2 heterocycles. The molecule has 3 aromatic rings. The van der Waals surface area contributed by atoms with Gasteiger partial charge in [0.1, 0.15) is 0 Å². The van der Waals surface area contributed by atoms with Crippen molar-refractivity contribution in [1.29, 1.82) is 0 Å². The fourth-order valence-corrected chi connectivity index (χ4v) is 4.36. The van der Waals surface area contributed by atoms with Gasteiger partial charge in [-0.1, -0.05) is 6.07 Å². The average molecular weight is 428 g/mol. The summed E-state index contributed by atoms with van der Waals surface area (Å²) in [6.07, 6.45) is 4.35. The molecule has 0 bridgehead atoms. The predicted octanol–water partition coefficient (Wildman–Crippen LogP) is 5.04. The van der Waals surface area contributed by atoms with Crippen molar-refractivity contribution >= 4 is 5.91 Å². The van der Waals surface area contributed by atoms with E-state index in [1.807, 2.05) is 29.1 Å². The fourth-order valence-electron chi connectivity index (χ4n) is 4.36. The van der Waals surface area contributed by atoms with E-state index in [9.17, 15) is 18.0 Å². The summed E-state index contributed by atoms with van der Waals surface area (Å²) in [5, 5.41) is 4.64. The van der Waals surface area contributed by atoms with Crippen molar-refractivity contribution in [2.45, 2.75) is 44.3 Å². The lowest BCUT2D eigenvalue weighted by molar-refractivity contribution is -0.137. The molecule has 2 N–H and O–H groups in total. The molecule has 0 aliphatic heterocycles. The Hall–Kier alpha value is -3.16. The maximum Gasteiger partial charge on any atom is 0.416 e. The number of carbonyl (C=O) groups is 1.